The van der Waals surface area contributed by atoms with Gasteiger partial charge >= 0.3 is 12.0 Å². The molecule has 7 nitrogen and oxygen atoms in total. The van der Waals surface area contributed by atoms with Gasteiger partial charge < -0.3 is 25.6 Å². The number of aryl methyl sites for hydroxylation is 1. The summed E-state index contributed by atoms with van der Waals surface area (Å²) in [5.74, 6) is -0.600. The number of carbonyl (C=O) groups excluding carboxylic acids is 1. The molecule has 0 aliphatic carbocycles. The Morgan fingerprint density at radius 2 is 2.04 bits per heavy atom. The molecule has 0 spiro atoms. The third-order valence-corrected chi connectivity index (χ3v) is 3.45. The largest absolute Gasteiger partial charge is 0.491 e. The number of amides is 2. The van der Waals surface area contributed by atoms with E-state index in [2.05, 4.69) is 10.6 Å². The number of aliphatic hydroxyl groups excluding tert-OH is 1. The van der Waals surface area contributed by atoms with Crippen molar-refractivity contribution in [2.45, 2.75) is 32.4 Å². The van der Waals surface area contributed by atoms with Gasteiger partial charge in [-0.3, -0.25) is 0 Å². The molecule has 8 heteroatoms. The third-order valence-electron chi connectivity index (χ3n) is 3.03. The average Bonchev–Trinajstić information content (AvgIpc) is 2.45. The molecule has 0 saturated carbocycles. The Morgan fingerprint density at radius 3 is 2.61 bits per heavy atom. The molecule has 0 fully saturated rings. The molecule has 0 bridgehead atoms. The Hall–Kier alpha value is -1.99. The number of rotatable bonds is 7. The van der Waals surface area contributed by atoms with Gasteiger partial charge in [0.15, 0.2) is 0 Å². The Kier molecular flexibility index (Phi) is 6.65. The zero-order valence-corrected chi connectivity index (χ0v) is 14.0. The molecule has 0 radical (unpaired) electrons. The monoisotopic (exact) mass is 344 g/mol. The van der Waals surface area contributed by atoms with Gasteiger partial charge in [-0.15, -0.1) is 0 Å². The molecule has 1 aromatic carbocycles. The summed E-state index contributed by atoms with van der Waals surface area (Å²) < 4.78 is 5.40. The highest BCUT2D eigenvalue weighted by atomic mass is 35.5. The summed E-state index contributed by atoms with van der Waals surface area (Å²) >= 11 is 5.90. The van der Waals surface area contributed by atoms with E-state index >= 15 is 0 Å². The SMILES string of the molecule is Cc1cc(OC[C@H](O)CNC(=O)NC(C)(C)C(=O)O)ccc1Cl. The molecule has 0 saturated heterocycles. The van der Waals surface area contributed by atoms with Gasteiger partial charge in [-0.25, -0.2) is 9.59 Å². The lowest BCUT2D eigenvalue weighted by Gasteiger charge is -2.22. The molecular weight excluding hydrogens is 324 g/mol. The standard InChI is InChI=1S/C15H21ClN2O5/c1-9-6-11(4-5-12(9)16)23-8-10(19)7-17-14(22)18-15(2,3)13(20)21/h4-6,10,19H,7-8H2,1-3H3,(H,20,21)(H2,17,18,22)/t10-/m1/s1. The topological polar surface area (TPSA) is 108 Å². The number of urea groups is 1. The van der Waals surface area contributed by atoms with E-state index in [1.807, 2.05) is 6.92 Å². The van der Waals surface area contributed by atoms with Crippen LogP contribution in [0, 0.1) is 6.92 Å². The normalized spacial score (nSPS) is 12.4. The van der Waals surface area contributed by atoms with Crippen LogP contribution in [0.1, 0.15) is 19.4 Å². The van der Waals surface area contributed by atoms with Crippen molar-refractivity contribution in [3.05, 3.63) is 28.8 Å². The van der Waals surface area contributed by atoms with E-state index < -0.39 is 23.6 Å². The number of carboxylic acids is 1. The molecule has 23 heavy (non-hydrogen) atoms. The highest BCUT2D eigenvalue weighted by Gasteiger charge is 2.28. The Balaban J connectivity index is 2.36. The van der Waals surface area contributed by atoms with Gasteiger partial charge in [0.2, 0.25) is 0 Å². The molecule has 1 rings (SSSR count). The highest BCUT2D eigenvalue weighted by molar-refractivity contribution is 6.31. The molecule has 0 aromatic heterocycles. The molecule has 128 valence electrons. The maximum absolute atomic E-state index is 11.6. The van der Waals surface area contributed by atoms with Crippen LogP contribution in [-0.4, -0.2) is 47.0 Å². The van der Waals surface area contributed by atoms with Crippen LogP contribution in [0.4, 0.5) is 4.79 Å². The number of aliphatic hydroxyl groups is 1. The first-order valence-corrected chi connectivity index (χ1v) is 7.36. The highest BCUT2D eigenvalue weighted by Crippen LogP contribution is 2.21. The number of benzene rings is 1. The van der Waals surface area contributed by atoms with Gasteiger partial charge in [0.05, 0.1) is 0 Å². The van der Waals surface area contributed by atoms with E-state index in [4.69, 9.17) is 21.4 Å². The van der Waals surface area contributed by atoms with Crippen LogP contribution < -0.4 is 15.4 Å². The van der Waals surface area contributed by atoms with Crippen molar-refractivity contribution < 1.29 is 24.5 Å². The molecule has 0 heterocycles. The maximum Gasteiger partial charge on any atom is 0.328 e. The molecule has 2 amide bonds. The van der Waals surface area contributed by atoms with Gasteiger partial charge in [-0.2, -0.15) is 0 Å². The number of hydrogen-bond acceptors (Lipinski definition) is 4. The zero-order chi connectivity index (χ0) is 17.6. The van der Waals surface area contributed by atoms with E-state index in [0.29, 0.717) is 10.8 Å². The minimum absolute atomic E-state index is 0.0241. The summed E-state index contributed by atoms with van der Waals surface area (Å²) in [5.41, 5.74) is -0.543. The Morgan fingerprint density at radius 1 is 1.39 bits per heavy atom. The second kappa shape index (κ2) is 8.03. The number of carboxylic acid groups (broad SMARTS) is 1. The summed E-state index contributed by atoms with van der Waals surface area (Å²) in [7, 11) is 0. The van der Waals surface area contributed by atoms with E-state index in [1.54, 1.807) is 18.2 Å². The first kappa shape index (κ1) is 19.1. The average molecular weight is 345 g/mol. The van der Waals surface area contributed by atoms with Gasteiger partial charge in [-0.05, 0) is 44.5 Å². The van der Waals surface area contributed by atoms with Crippen LogP contribution in [0.15, 0.2) is 18.2 Å². The van der Waals surface area contributed by atoms with Gasteiger partial charge in [-0.1, -0.05) is 11.6 Å². The summed E-state index contributed by atoms with van der Waals surface area (Å²) in [6.07, 6.45) is -0.940. The van der Waals surface area contributed by atoms with Crippen LogP contribution in [0.2, 0.25) is 5.02 Å². The van der Waals surface area contributed by atoms with Crippen molar-refractivity contribution >= 4 is 23.6 Å². The third kappa shape index (κ3) is 6.33. The second-order valence-corrected chi connectivity index (χ2v) is 6.05. The van der Waals surface area contributed by atoms with Crippen LogP contribution in [0.25, 0.3) is 0 Å². The second-order valence-electron chi connectivity index (χ2n) is 5.64. The lowest BCUT2D eigenvalue weighted by atomic mass is 10.1. The Labute approximate surface area is 139 Å². The fourth-order valence-electron chi connectivity index (χ4n) is 1.55. The van der Waals surface area contributed by atoms with Crippen molar-refractivity contribution in [2.24, 2.45) is 0 Å². The summed E-state index contributed by atoms with van der Waals surface area (Å²) in [4.78, 5) is 22.5. The minimum Gasteiger partial charge on any atom is -0.491 e. The first-order valence-electron chi connectivity index (χ1n) is 6.98. The zero-order valence-electron chi connectivity index (χ0n) is 13.2. The summed E-state index contributed by atoms with van der Waals surface area (Å²) in [6, 6.07) is 4.43. The predicted octanol–water partition coefficient (Wildman–Crippen LogP) is 1.55. The summed E-state index contributed by atoms with van der Waals surface area (Å²) in [5, 5.41) is 24.0. The number of halogens is 1. The number of nitrogens with one attached hydrogen (secondary N) is 2. The number of ether oxygens (including phenoxy) is 1. The first-order chi connectivity index (χ1) is 10.6. The van der Waals surface area contributed by atoms with Crippen LogP contribution in [0.5, 0.6) is 5.75 Å². The van der Waals surface area contributed by atoms with E-state index in [1.165, 1.54) is 13.8 Å². The molecular formula is C15H21ClN2O5. The predicted molar refractivity (Wildman–Crippen MR) is 85.9 cm³/mol. The number of carbonyl (C=O) groups is 2. The molecule has 0 aliphatic rings. The molecule has 0 aliphatic heterocycles. The fraction of sp³-hybridized carbons (Fsp3) is 0.467. The quantitative estimate of drug-likeness (QED) is 0.600. The van der Waals surface area contributed by atoms with Gasteiger partial charge in [0.1, 0.15) is 24.0 Å². The molecule has 1 atom stereocenters. The van der Waals surface area contributed by atoms with Crippen LogP contribution >= 0.6 is 11.6 Å². The molecule has 4 N–H and O–H groups in total. The van der Waals surface area contributed by atoms with E-state index in [9.17, 15) is 14.7 Å². The lowest BCUT2D eigenvalue weighted by molar-refractivity contribution is -0.142. The smallest absolute Gasteiger partial charge is 0.328 e. The van der Waals surface area contributed by atoms with Crippen molar-refractivity contribution in [2.75, 3.05) is 13.2 Å². The van der Waals surface area contributed by atoms with Crippen LogP contribution in [0.3, 0.4) is 0 Å². The maximum atomic E-state index is 11.6. The Bertz CT molecular complexity index is 577. The van der Waals surface area contributed by atoms with E-state index in [0.717, 1.165) is 5.56 Å². The fourth-order valence-corrected chi connectivity index (χ4v) is 1.67. The van der Waals surface area contributed by atoms with Crippen molar-refractivity contribution in [1.29, 1.82) is 0 Å². The van der Waals surface area contributed by atoms with Crippen LogP contribution in [-0.2, 0) is 4.79 Å². The lowest BCUT2D eigenvalue weighted by Crippen LogP contribution is -2.54. The summed E-state index contributed by atoms with van der Waals surface area (Å²) in [6.45, 7) is 4.45. The molecule has 1 aromatic rings. The molecule has 0 unspecified atom stereocenters. The van der Waals surface area contributed by atoms with Gasteiger partial charge in [0.25, 0.3) is 0 Å². The number of aliphatic carboxylic acids is 1. The van der Waals surface area contributed by atoms with Gasteiger partial charge in [0, 0.05) is 11.6 Å². The minimum atomic E-state index is -1.40. The van der Waals surface area contributed by atoms with E-state index in [-0.39, 0.29) is 13.2 Å². The van der Waals surface area contributed by atoms with Crippen molar-refractivity contribution in [1.82, 2.24) is 10.6 Å². The van der Waals surface area contributed by atoms with Crippen molar-refractivity contribution in [3.63, 3.8) is 0 Å². The number of hydrogen-bond donors (Lipinski definition) is 4. The van der Waals surface area contributed by atoms with Crippen molar-refractivity contribution in [3.8, 4) is 5.75 Å².